The van der Waals surface area contributed by atoms with E-state index in [-0.39, 0.29) is 19.1 Å². The fourth-order valence-corrected chi connectivity index (χ4v) is 1.76. The summed E-state index contributed by atoms with van der Waals surface area (Å²) in [6.45, 7) is 1.77. The average Bonchev–Trinajstić information content (AvgIpc) is 3.13. The molecule has 0 saturated carbocycles. The molecule has 0 aliphatic carbocycles. The lowest BCUT2D eigenvalue weighted by Gasteiger charge is -2.07. The van der Waals surface area contributed by atoms with Gasteiger partial charge in [0.15, 0.2) is 0 Å². The van der Waals surface area contributed by atoms with Gasteiger partial charge in [0.1, 0.15) is 18.8 Å². The Hall–Kier alpha value is -1.90. The van der Waals surface area contributed by atoms with Gasteiger partial charge in [0.25, 0.3) is 5.60 Å². The maximum Gasteiger partial charge on any atom is 0.260 e. The minimum absolute atomic E-state index is 0.00770. The van der Waals surface area contributed by atoms with Crippen LogP contribution < -0.4 is 0 Å². The Morgan fingerprint density at radius 3 is 2.78 bits per heavy atom. The minimum atomic E-state index is -1.33. The van der Waals surface area contributed by atoms with Crippen molar-refractivity contribution in [3.05, 3.63) is 35.4 Å². The maximum absolute atomic E-state index is 9.15. The smallest absolute Gasteiger partial charge is 0.260 e. The molecule has 1 aliphatic rings. The first-order chi connectivity index (χ1) is 8.64. The second-order valence-electron chi connectivity index (χ2n) is 4.16. The number of hydrogen-bond acceptors (Lipinski definition) is 5. The summed E-state index contributed by atoms with van der Waals surface area (Å²) in [7, 11) is 0. The zero-order valence-electron chi connectivity index (χ0n) is 10.0. The number of aryl methyl sites for hydroxylation is 1. The molecular weight excluding hydrogens is 232 g/mol. The van der Waals surface area contributed by atoms with Crippen LogP contribution in [0.5, 0.6) is 0 Å². The van der Waals surface area contributed by atoms with Crippen LogP contribution in [-0.4, -0.2) is 29.8 Å². The van der Waals surface area contributed by atoms with Gasteiger partial charge in [-0.3, -0.25) is 5.41 Å². The van der Waals surface area contributed by atoms with E-state index in [2.05, 4.69) is 0 Å². The van der Waals surface area contributed by atoms with E-state index in [0.29, 0.717) is 0 Å². The van der Waals surface area contributed by atoms with Crippen LogP contribution in [0.25, 0.3) is 0 Å². The molecule has 0 radical (unpaired) electrons. The normalized spacial score (nSPS) is 25.3. The molecule has 5 heteroatoms. The molecule has 5 nitrogen and oxygen atoms in total. The van der Waals surface area contributed by atoms with Gasteiger partial charge in [-0.25, -0.2) is 0 Å². The van der Waals surface area contributed by atoms with Gasteiger partial charge in [-0.05, 0) is 12.5 Å². The number of aliphatic hydroxyl groups is 1. The molecule has 2 atom stereocenters. The molecule has 1 aromatic carbocycles. The predicted molar refractivity (Wildman–Crippen MR) is 64.1 cm³/mol. The van der Waals surface area contributed by atoms with Gasteiger partial charge >= 0.3 is 0 Å². The molecule has 2 N–H and O–H groups in total. The van der Waals surface area contributed by atoms with E-state index >= 15 is 0 Å². The number of hydrogen-bond donors (Lipinski definition) is 2. The van der Waals surface area contributed by atoms with Crippen molar-refractivity contribution in [1.29, 1.82) is 10.7 Å². The summed E-state index contributed by atoms with van der Waals surface area (Å²) in [6.07, 6.45) is -0.464. The van der Waals surface area contributed by atoms with Gasteiger partial charge < -0.3 is 14.6 Å². The molecule has 1 heterocycles. The molecule has 0 aromatic heterocycles. The van der Waals surface area contributed by atoms with E-state index < -0.39 is 11.7 Å². The SMILES string of the molecule is Cc1ccc([C@H]2O[C@]2(C#N)C(=N)OCCO)cc1. The summed E-state index contributed by atoms with van der Waals surface area (Å²) >= 11 is 0. The molecule has 1 aromatic rings. The number of ether oxygens (including phenoxy) is 2. The van der Waals surface area contributed by atoms with Crippen LogP contribution in [0.15, 0.2) is 24.3 Å². The Morgan fingerprint density at radius 1 is 1.56 bits per heavy atom. The molecular formula is C13H14N2O3. The molecule has 2 rings (SSSR count). The van der Waals surface area contributed by atoms with Crippen molar-refractivity contribution in [1.82, 2.24) is 0 Å². The number of rotatable bonds is 4. The molecule has 1 fully saturated rings. The number of benzene rings is 1. The standard InChI is InChI=1S/C13H14N2O3/c1-9-2-4-10(5-3-9)11-13(8-14,18-11)12(15)17-7-6-16/h2-5,11,15-16H,6-7H2,1H3/t11-,13+/m1/s1. The number of aliphatic hydroxyl groups excluding tert-OH is 1. The van der Waals surface area contributed by atoms with E-state index in [9.17, 15) is 0 Å². The summed E-state index contributed by atoms with van der Waals surface area (Å²) in [6, 6.07) is 9.57. The Balaban J connectivity index is 2.12. The van der Waals surface area contributed by atoms with Gasteiger partial charge in [0, 0.05) is 0 Å². The molecule has 0 unspecified atom stereocenters. The zero-order chi connectivity index (χ0) is 13.2. The second-order valence-corrected chi connectivity index (χ2v) is 4.16. The fourth-order valence-electron chi connectivity index (χ4n) is 1.76. The third kappa shape index (κ3) is 2.08. The number of nitriles is 1. The maximum atomic E-state index is 9.15. The lowest BCUT2D eigenvalue weighted by molar-refractivity contribution is 0.181. The average molecular weight is 246 g/mol. The van der Waals surface area contributed by atoms with Crippen LogP contribution in [0.2, 0.25) is 0 Å². The van der Waals surface area contributed by atoms with E-state index in [4.69, 9.17) is 25.3 Å². The summed E-state index contributed by atoms with van der Waals surface area (Å²) in [5, 5.41) is 25.5. The molecule has 18 heavy (non-hydrogen) atoms. The Bertz CT molecular complexity index is 492. The Kier molecular flexibility index (Phi) is 3.32. The zero-order valence-corrected chi connectivity index (χ0v) is 10.0. The molecule has 94 valence electrons. The monoisotopic (exact) mass is 246 g/mol. The van der Waals surface area contributed by atoms with E-state index in [1.54, 1.807) is 0 Å². The molecule has 0 spiro atoms. The number of nitrogens with one attached hydrogen (secondary N) is 1. The van der Waals surface area contributed by atoms with Crippen molar-refractivity contribution in [2.45, 2.75) is 18.6 Å². The van der Waals surface area contributed by atoms with Crippen LogP contribution in [0.3, 0.4) is 0 Å². The lowest BCUT2D eigenvalue weighted by Crippen LogP contribution is -2.26. The summed E-state index contributed by atoms with van der Waals surface area (Å²) in [5.74, 6) is -0.246. The van der Waals surface area contributed by atoms with Gasteiger partial charge in [-0.15, -0.1) is 0 Å². The van der Waals surface area contributed by atoms with E-state index in [1.165, 1.54) is 0 Å². The van der Waals surface area contributed by atoms with Crippen molar-refractivity contribution < 1.29 is 14.6 Å². The second kappa shape index (κ2) is 4.77. The van der Waals surface area contributed by atoms with Crippen molar-refractivity contribution in [3.63, 3.8) is 0 Å². The third-order valence-electron chi connectivity index (χ3n) is 2.84. The van der Waals surface area contributed by atoms with Crippen molar-refractivity contribution in [2.24, 2.45) is 0 Å². The first-order valence-electron chi connectivity index (χ1n) is 5.62. The minimum Gasteiger partial charge on any atom is -0.476 e. The van der Waals surface area contributed by atoms with E-state index in [0.717, 1.165) is 11.1 Å². The van der Waals surface area contributed by atoms with Crippen LogP contribution in [0.1, 0.15) is 17.2 Å². The topological polar surface area (TPSA) is 89.6 Å². The van der Waals surface area contributed by atoms with Crippen LogP contribution in [-0.2, 0) is 9.47 Å². The van der Waals surface area contributed by atoms with Gasteiger partial charge in [0.2, 0.25) is 5.90 Å². The molecule has 1 aliphatic heterocycles. The van der Waals surface area contributed by atoms with Crippen molar-refractivity contribution >= 4 is 5.90 Å². The highest BCUT2D eigenvalue weighted by atomic mass is 16.6. The summed E-state index contributed by atoms with van der Waals surface area (Å²) in [5.41, 5.74) is 0.637. The number of nitrogens with zero attached hydrogens (tertiary/aromatic N) is 1. The fraction of sp³-hybridized carbons (Fsp3) is 0.385. The lowest BCUT2D eigenvalue weighted by atomic mass is 10.00. The van der Waals surface area contributed by atoms with Crippen molar-refractivity contribution in [2.75, 3.05) is 13.2 Å². The third-order valence-corrected chi connectivity index (χ3v) is 2.84. The highest BCUT2D eigenvalue weighted by Crippen LogP contribution is 2.50. The first-order valence-corrected chi connectivity index (χ1v) is 5.62. The van der Waals surface area contributed by atoms with Crippen LogP contribution in [0.4, 0.5) is 0 Å². The predicted octanol–water partition coefficient (Wildman–Crippen LogP) is 1.31. The number of epoxide rings is 1. The van der Waals surface area contributed by atoms with Gasteiger partial charge in [-0.1, -0.05) is 29.8 Å². The molecule has 0 bridgehead atoms. The highest BCUT2D eigenvalue weighted by Gasteiger charge is 2.63. The van der Waals surface area contributed by atoms with Crippen LogP contribution in [0, 0.1) is 23.7 Å². The summed E-state index contributed by atoms with van der Waals surface area (Å²) in [4.78, 5) is 0. The van der Waals surface area contributed by atoms with Crippen LogP contribution >= 0.6 is 0 Å². The van der Waals surface area contributed by atoms with Crippen molar-refractivity contribution in [3.8, 4) is 6.07 Å². The van der Waals surface area contributed by atoms with E-state index in [1.807, 2.05) is 37.3 Å². The highest BCUT2D eigenvalue weighted by molar-refractivity contribution is 5.89. The van der Waals surface area contributed by atoms with Gasteiger partial charge in [0.05, 0.1) is 6.61 Å². The summed E-state index contributed by atoms with van der Waals surface area (Å²) < 4.78 is 10.3. The first kappa shape index (κ1) is 12.6. The van der Waals surface area contributed by atoms with Gasteiger partial charge in [-0.2, -0.15) is 5.26 Å². The Morgan fingerprint density at radius 2 is 2.22 bits per heavy atom. The Labute approximate surface area is 105 Å². The quantitative estimate of drug-likeness (QED) is 0.476. The molecule has 0 amide bonds. The molecule has 1 saturated heterocycles. The largest absolute Gasteiger partial charge is 0.476 e.